The van der Waals surface area contributed by atoms with Crippen molar-refractivity contribution in [3.63, 3.8) is 0 Å². The van der Waals surface area contributed by atoms with E-state index in [0.29, 0.717) is 17.8 Å². The van der Waals surface area contributed by atoms with Crippen molar-refractivity contribution in [2.45, 2.75) is 19.6 Å². The third-order valence-electron chi connectivity index (χ3n) is 3.47. The number of rotatable bonds is 2. The Kier molecular flexibility index (Phi) is 3.31. The lowest BCUT2D eigenvalue weighted by molar-refractivity contribution is -0.147. The van der Waals surface area contributed by atoms with Gasteiger partial charge in [-0.15, -0.1) is 11.3 Å². The fourth-order valence-electron chi connectivity index (χ4n) is 2.28. The van der Waals surface area contributed by atoms with E-state index in [2.05, 4.69) is 4.98 Å². The molecule has 0 aromatic carbocycles. The highest BCUT2D eigenvalue weighted by Crippen LogP contribution is 2.19. The molecule has 1 aliphatic heterocycles. The van der Waals surface area contributed by atoms with Crippen molar-refractivity contribution in [3.8, 4) is 0 Å². The van der Waals surface area contributed by atoms with Crippen LogP contribution in [0.3, 0.4) is 0 Å². The summed E-state index contributed by atoms with van der Waals surface area (Å²) < 4.78 is 7.70. The summed E-state index contributed by atoms with van der Waals surface area (Å²) in [5, 5.41) is 1.94. The number of carbonyl (C=O) groups excluding carboxylic acids is 1. The summed E-state index contributed by atoms with van der Waals surface area (Å²) in [5.74, 6) is -0.0314. The predicted molar refractivity (Wildman–Crippen MR) is 76.0 cm³/mol. The number of fused-ring (bicyclic) bond motifs is 1. The van der Waals surface area contributed by atoms with Gasteiger partial charge in [-0.3, -0.25) is 14.2 Å². The zero-order valence-electron chi connectivity index (χ0n) is 11.3. The zero-order chi connectivity index (χ0) is 14.3. The summed E-state index contributed by atoms with van der Waals surface area (Å²) >= 11 is 1.42. The molecule has 2 aromatic rings. The zero-order valence-corrected chi connectivity index (χ0v) is 12.1. The van der Waals surface area contributed by atoms with Crippen LogP contribution in [-0.4, -0.2) is 46.7 Å². The van der Waals surface area contributed by atoms with Gasteiger partial charge in [0, 0.05) is 13.6 Å². The molecule has 7 heteroatoms. The van der Waals surface area contributed by atoms with Gasteiger partial charge in [0.25, 0.3) is 5.56 Å². The van der Waals surface area contributed by atoms with Crippen molar-refractivity contribution in [1.29, 1.82) is 0 Å². The largest absolute Gasteiger partial charge is 0.365 e. The molecule has 1 aliphatic rings. The maximum absolute atomic E-state index is 12.4. The Morgan fingerprint density at radius 3 is 3.05 bits per heavy atom. The summed E-state index contributed by atoms with van der Waals surface area (Å²) in [4.78, 5) is 29.7. The lowest BCUT2D eigenvalue weighted by atomic mass is 10.2. The molecule has 1 amide bonds. The van der Waals surface area contributed by atoms with E-state index >= 15 is 0 Å². The molecule has 0 N–H and O–H groups in total. The second kappa shape index (κ2) is 4.99. The molecule has 1 saturated heterocycles. The van der Waals surface area contributed by atoms with Crippen LogP contribution in [0.15, 0.2) is 16.5 Å². The van der Waals surface area contributed by atoms with E-state index in [-0.39, 0.29) is 24.2 Å². The minimum absolute atomic E-state index is 0.0314. The van der Waals surface area contributed by atoms with Crippen LogP contribution in [0.5, 0.6) is 0 Å². The van der Waals surface area contributed by atoms with Crippen LogP contribution in [0.25, 0.3) is 10.2 Å². The molecule has 0 bridgehead atoms. The highest BCUT2D eigenvalue weighted by atomic mass is 32.1. The van der Waals surface area contributed by atoms with Crippen molar-refractivity contribution in [1.82, 2.24) is 14.5 Å². The number of carbonyl (C=O) groups is 1. The van der Waals surface area contributed by atoms with Gasteiger partial charge in [0.15, 0.2) is 0 Å². The first-order chi connectivity index (χ1) is 9.56. The van der Waals surface area contributed by atoms with Crippen LogP contribution in [0, 0.1) is 6.92 Å². The first-order valence-corrected chi connectivity index (χ1v) is 7.23. The van der Waals surface area contributed by atoms with E-state index in [1.165, 1.54) is 11.3 Å². The van der Waals surface area contributed by atoms with Crippen molar-refractivity contribution >= 4 is 27.5 Å². The molecule has 0 saturated carbocycles. The number of ether oxygens (including phenoxy) is 1. The molecule has 0 radical (unpaired) electrons. The monoisotopic (exact) mass is 293 g/mol. The summed E-state index contributed by atoms with van der Waals surface area (Å²) in [6, 6.07) is 0. The van der Waals surface area contributed by atoms with Gasteiger partial charge in [-0.1, -0.05) is 0 Å². The smallest absolute Gasteiger partial charge is 0.271 e. The molecular formula is C13H15N3O3S. The Balaban J connectivity index is 1.86. The molecule has 1 unspecified atom stereocenters. The summed E-state index contributed by atoms with van der Waals surface area (Å²) in [5.41, 5.74) is 1.75. The molecule has 6 nitrogen and oxygen atoms in total. The standard InChI is InChI=1S/C13H15N3O3S/c1-8-6-20-12-11(8)14-7-16(13(12)18)4-9-3-15(2)10(17)5-19-9/h6-7,9H,3-5H2,1-2H3. The van der Waals surface area contributed by atoms with Crippen molar-refractivity contribution < 1.29 is 9.53 Å². The van der Waals surface area contributed by atoms with Gasteiger partial charge in [0.2, 0.25) is 5.91 Å². The van der Waals surface area contributed by atoms with Crippen LogP contribution in [-0.2, 0) is 16.1 Å². The number of hydrogen-bond acceptors (Lipinski definition) is 5. The third kappa shape index (κ3) is 2.23. The number of likely N-dealkylation sites (N-methyl/N-ethyl adjacent to an activating group) is 1. The van der Waals surface area contributed by atoms with E-state index in [1.807, 2.05) is 12.3 Å². The van der Waals surface area contributed by atoms with Gasteiger partial charge in [-0.2, -0.15) is 0 Å². The first kappa shape index (κ1) is 13.3. The molecular weight excluding hydrogens is 278 g/mol. The molecule has 0 spiro atoms. The van der Waals surface area contributed by atoms with E-state index in [0.717, 1.165) is 11.1 Å². The molecule has 0 aliphatic carbocycles. The third-order valence-corrected chi connectivity index (χ3v) is 4.54. The number of hydrogen-bond donors (Lipinski definition) is 0. The van der Waals surface area contributed by atoms with Gasteiger partial charge in [-0.05, 0) is 17.9 Å². The number of aryl methyl sites for hydroxylation is 1. The molecule has 3 heterocycles. The second-order valence-corrected chi connectivity index (χ2v) is 5.89. The molecule has 3 rings (SSSR count). The summed E-state index contributed by atoms with van der Waals surface area (Å²) in [6.45, 7) is 2.92. The van der Waals surface area contributed by atoms with E-state index in [1.54, 1.807) is 22.8 Å². The summed E-state index contributed by atoms with van der Waals surface area (Å²) in [7, 11) is 1.74. The Morgan fingerprint density at radius 1 is 1.50 bits per heavy atom. The summed E-state index contributed by atoms with van der Waals surface area (Å²) in [6.07, 6.45) is 1.39. The molecule has 1 fully saturated rings. The van der Waals surface area contributed by atoms with Gasteiger partial charge in [0.1, 0.15) is 11.3 Å². The Morgan fingerprint density at radius 2 is 2.30 bits per heavy atom. The minimum Gasteiger partial charge on any atom is -0.365 e. The first-order valence-electron chi connectivity index (χ1n) is 6.35. The van der Waals surface area contributed by atoms with Crippen LogP contribution >= 0.6 is 11.3 Å². The fourth-order valence-corrected chi connectivity index (χ4v) is 3.23. The molecule has 106 valence electrons. The average Bonchev–Trinajstić information content (AvgIpc) is 2.80. The predicted octanol–water partition coefficient (Wildman–Crippen LogP) is 0.624. The molecule has 20 heavy (non-hydrogen) atoms. The van der Waals surface area contributed by atoms with Crippen LogP contribution in [0.2, 0.25) is 0 Å². The van der Waals surface area contributed by atoms with Crippen molar-refractivity contribution in [2.24, 2.45) is 0 Å². The van der Waals surface area contributed by atoms with Crippen molar-refractivity contribution in [2.75, 3.05) is 20.2 Å². The highest BCUT2D eigenvalue weighted by Gasteiger charge is 2.24. The topological polar surface area (TPSA) is 64.4 Å². The van der Waals surface area contributed by atoms with Gasteiger partial charge in [0.05, 0.1) is 24.5 Å². The number of amides is 1. The number of thiophene rings is 1. The van der Waals surface area contributed by atoms with Gasteiger partial charge < -0.3 is 9.64 Å². The fraction of sp³-hybridized carbons (Fsp3) is 0.462. The lowest BCUT2D eigenvalue weighted by Crippen LogP contribution is -2.46. The maximum atomic E-state index is 12.4. The van der Waals surface area contributed by atoms with E-state index in [9.17, 15) is 9.59 Å². The van der Waals surface area contributed by atoms with Crippen LogP contribution < -0.4 is 5.56 Å². The molecule has 1 atom stereocenters. The van der Waals surface area contributed by atoms with Gasteiger partial charge in [-0.25, -0.2) is 4.98 Å². The minimum atomic E-state index is -0.171. The van der Waals surface area contributed by atoms with Crippen LogP contribution in [0.4, 0.5) is 0 Å². The Labute approximate surface area is 119 Å². The Bertz CT molecular complexity index is 721. The average molecular weight is 293 g/mol. The number of nitrogens with zero attached hydrogens (tertiary/aromatic N) is 3. The Hall–Kier alpha value is -1.73. The normalized spacial score (nSPS) is 19.8. The quantitative estimate of drug-likeness (QED) is 0.814. The van der Waals surface area contributed by atoms with Crippen LogP contribution in [0.1, 0.15) is 5.56 Å². The maximum Gasteiger partial charge on any atom is 0.271 e. The van der Waals surface area contributed by atoms with Crippen molar-refractivity contribution in [3.05, 3.63) is 27.6 Å². The number of aromatic nitrogens is 2. The highest BCUT2D eigenvalue weighted by molar-refractivity contribution is 7.17. The van der Waals surface area contributed by atoms with E-state index in [4.69, 9.17) is 4.74 Å². The number of morpholine rings is 1. The second-order valence-electron chi connectivity index (χ2n) is 5.01. The lowest BCUT2D eigenvalue weighted by Gasteiger charge is -2.30. The SMILES string of the molecule is Cc1csc2c(=O)n(CC3CN(C)C(=O)CO3)cnc12. The molecule has 2 aromatic heterocycles. The van der Waals surface area contributed by atoms with Gasteiger partial charge >= 0.3 is 0 Å². The van der Waals surface area contributed by atoms with E-state index < -0.39 is 0 Å².